The van der Waals surface area contributed by atoms with Crippen molar-refractivity contribution in [3.63, 3.8) is 0 Å². The molecule has 2 amide bonds. The zero-order valence-corrected chi connectivity index (χ0v) is 15.4. The van der Waals surface area contributed by atoms with Crippen molar-refractivity contribution in [1.29, 1.82) is 0 Å². The fourth-order valence-corrected chi connectivity index (χ4v) is 3.87. The second-order valence-corrected chi connectivity index (χ2v) is 7.49. The number of likely N-dealkylation sites (N-methyl/N-ethyl adjacent to an activating group) is 1. The molecule has 2 saturated carbocycles. The van der Waals surface area contributed by atoms with Gasteiger partial charge in [0.15, 0.2) is 0 Å². The molecule has 0 saturated heterocycles. The van der Waals surface area contributed by atoms with E-state index in [0.29, 0.717) is 18.4 Å². The van der Waals surface area contributed by atoms with E-state index in [4.69, 9.17) is 5.11 Å². The molecule has 6 heteroatoms. The van der Waals surface area contributed by atoms with Gasteiger partial charge in [-0.2, -0.15) is 0 Å². The molecule has 142 valence electrons. The number of urea groups is 1. The van der Waals surface area contributed by atoms with Gasteiger partial charge in [0.05, 0.1) is 6.54 Å². The maximum atomic E-state index is 12.2. The molecule has 0 aliphatic heterocycles. The van der Waals surface area contributed by atoms with Gasteiger partial charge in [0.25, 0.3) is 0 Å². The highest BCUT2D eigenvalue weighted by molar-refractivity contribution is 5.74. The fraction of sp³-hybridized carbons (Fsp3) is 0.600. The molecular weight excluding hydrogens is 330 g/mol. The zero-order valence-electron chi connectivity index (χ0n) is 15.4. The predicted molar refractivity (Wildman–Crippen MR) is 100 cm³/mol. The summed E-state index contributed by atoms with van der Waals surface area (Å²) in [5.41, 5.74) is 1.30. The minimum Gasteiger partial charge on any atom is -0.480 e. The molecule has 1 aromatic carbocycles. The highest BCUT2D eigenvalue weighted by Crippen LogP contribution is 2.42. The number of carbonyl (C=O) groups is 2. The highest BCUT2D eigenvalue weighted by Gasteiger charge is 2.35. The van der Waals surface area contributed by atoms with Crippen molar-refractivity contribution in [3.05, 3.63) is 35.9 Å². The summed E-state index contributed by atoms with van der Waals surface area (Å²) in [7, 11) is 0. The average molecular weight is 359 g/mol. The van der Waals surface area contributed by atoms with Gasteiger partial charge >= 0.3 is 12.0 Å². The Morgan fingerprint density at radius 2 is 1.92 bits per heavy atom. The molecule has 2 aliphatic carbocycles. The Labute approximate surface area is 155 Å². The molecule has 2 aliphatic rings. The Balaban J connectivity index is 1.40. The van der Waals surface area contributed by atoms with Crippen LogP contribution in [0.15, 0.2) is 30.3 Å². The summed E-state index contributed by atoms with van der Waals surface area (Å²) in [6.07, 6.45) is 4.12. The normalized spacial score (nSPS) is 23.2. The molecule has 0 bridgehead atoms. The zero-order chi connectivity index (χ0) is 18.5. The molecule has 3 rings (SSSR count). The monoisotopic (exact) mass is 359 g/mol. The Bertz CT molecular complexity index is 612. The first-order valence-electron chi connectivity index (χ1n) is 9.62. The summed E-state index contributed by atoms with van der Waals surface area (Å²) in [6, 6.07) is 10.7. The van der Waals surface area contributed by atoms with Gasteiger partial charge in [-0.1, -0.05) is 37.3 Å². The lowest BCUT2D eigenvalue weighted by Gasteiger charge is -2.42. The first-order valence-corrected chi connectivity index (χ1v) is 9.62. The molecule has 0 radical (unpaired) electrons. The minimum absolute atomic E-state index is 0.0697. The Morgan fingerprint density at radius 3 is 2.50 bits per heavy atom. The van der Waals surface area contributed by atoms with Crippen molar-refractivity contribution < 1.29 is 14.7 Å². The van der Waals surface area contributed by atoms with E-state index < -0.39 is 5.97 Å². The molecule has 3 N–H and O–H groups in total. The van der Waals surface area contributed by atoms with Crippen molar-refractivity contribution in [1.82, 2.24) is 15.5 Å². The van der Waals surface area contributed by atoms with Crippen molar-refractivity contribution in [2.24, 2.45) is 5.92 Å². The summed E-state index contributed by atoms with van der Waals surface area (Å²) >= 11 is 0. The van der Waals surface area contributed by atoms with E-state index in [2.05, 4.69) is 34.9 Å². The van der Waals surface area contributed by atoms with Crippen LogP contribution in [0.5, 0.6) is 0 Å². The van der Waals surface area contributed by atoms with Crippen molar-refractivity contribution in [2.45, 2.75) is 50.6 Å². The predicted octanol–water partition coefficient (Wildman–Crippen LogP) is 2.42. The van der Waals surface area contributed by atoms with Crippen molar-refractivity contribution in [3.8, 4) is 0 Å². The fourth-order valence-electron chi connectivity index (χ4n) is 3.87. The van der Waals surface area contributed by atoms with Crippen LogP contribution >= 0.6 is 0 Å². The molecule has 26 heavy (non-hydrogen) atoms. The number of carbonyl (C=O) groups excluding carboxylic acids is 1. The van der Waals surface area contributed by atoms with Crippen LogP contribution < -0.4 is 10.6 Å². The molecule has 2 fully saturated rings. The van der Waals surface area contributed by atoms with Gasteiger partial charge < -0.3 is 15.7 Å². The number of hydrogen-bond acceptors (Lipinski definition) is 3. The molecular formula is C20H29N3O3. The van der Waals surface area contributed by atoms with E-state index in [0.717, 1.165) is 19.4 Å². The third-order valence-corrected chi connectivity index (χ3v) is 5.61. The average Bonchev–Trinajstić information content (AvgIpc) is 3.42. The second kappa shape index (κ2) is 8.54. The van der Waals surface area contributed by atoms with E-state index in [9.17, 15) is 9.59 Å². The SMILES string of the molecule is CCN(CC(=O)O)C1CC(NC(=O)NCC(c2ccccc2)C2CC2)C1. The lowest BCUT2D eigenvalue weighted by Crippen LogP contribution is -2.56. The first-order chi connectivity index (χ1) is 12.6. The van der Waals surface area contributed by atoms with Crippen molar-refractivity contribution >= 4 is 12.0 Å². The van der Waals surface area contributed by atoms with Gasteiger partial charge in [-0.25, -0.2) is 4.79 Å². The summed E-state index contributed by atoms with van der Waals surface area (Å²) in [6.45, 7) is 3.42. The number of nitrogens with one attached hydrogen (secondary N) is 2. The number of benzene rings is 1. The van der Waals surface area contributed by atoms with Crippen LogP contribution in [0.4, 0.5) is 4.79 Å². The maximum absolute atomic E-state index is 12.2. The number of aliphatic carboxylic acids is 1. The molecule has 6 nitrogen and oxygen atoms in total. The number of hydrogen-bond donors (Lipinski definition) is 3. The number of amides is 2. The van der Waals surface area contributed by atoms with Crippen LogP contribution in [0.25, 0.3) is 0 Å². The van der Waals surface area contributed by atoms with Crippen LogP contribution in [0.1, 0.15) is 44.1 Å². The third-order valence-electron chi connectivity index (χ3n) is 5.61. The summed E-state index contributed by atoms with van der Waals surface area (Å²) < 4.78 is 0. The second-order valence-electron chi connectivity index (χ2n) is 7.49. The van der Waals surface area contributed by atoms with E-state index >= 15 is 0 Å². The Hall–Kier alpha value is -2.08. The third kappa shape index (κ3) is 4.97. The molecule has 0 aromatic heterocycles. The van der Waals surface area contributed by atoms with E-state index in [1.807, 2.05) is 17.9 Å². The summed E-state index contributed by atoms with van der Waals surface area (Å²) in [5, 5.41) is 15.0. The molecule has 1 unspecified atom stereocenters. The summed E-state index contributed by atoms with van der Waals surface area (Å²) in [5.74, 6) is 0.273. The van der Waals surface area contributed by atoms with Crippen LogP contribution in [-0.2, 0) is 4.79 Å². The van der Waals surface area contributed by atoms with Crippen LogP contribution in [0, 0.1) is 5.92 Å². The molecule has 0 heterocycles. The van der Waals surface area contributed by atoms with Gasteiger partial charge in [0.2, 0.25) is 0 Å². The standard InChI is InChI=1S/C20H29N3O3/c1-2-23(13-19(24)25)17-10-16(11-17)22-20(26)21-12-18(15-8-9-15)14-6-4-3-5-7-14/h3-7,15-18H,2,8-13H2,1H3,(H,24,25)(H2,21,22,26). The number of rotatable bonds is 9. The highest BCUT2D eigenvalue weighted by atomic mass is 16.4. The van der Waals surface area contributed by atoms with Gasteiger partial charge in [0, 0.05) is 24.5 Å². The van der Waals surface area contributed by atoms with Crippen LogP contribution in [-0.4, -0.2) is 53.7 Å². The number of carboxylic acid groups (broad SMARTS) is 1. The summed E-state index contributed by atoms with van der Waals surface area (Å²) in [4.78, 5) is 25.1. The topological polar surface area (TPSA) is 81.7 Å². The van der Waals surface area contributed by atoms with Gasteiger partial charge in [-0.15, -0.1) is 0 Å². The van der Waals surface area contributed by atoms with Gasteiger partial charge in [-0.3, -0.25) is 9.69 Å². The van der Waals surface area contributed by atoms with Crippen molar-refractivity contribution in [2.75, 3.05) is 19.6 Å². The first kappa shape index (κ1) is 18.7. The Morgan fingerprint density at radius 1 is 1.23 bits per heavy atom. The molecule has 0 spiro atoms. The lowest BCUT2D eigenvalue weighted by molar-refractivity contribution is -0.139. The smallest absolute Gasteiger partial charge is 0.317 e. The van der Waals surface area contributed by atoms with Crippen LogP contribution in [0.2, 0.25) is 0 Å². The minimum atomic E-state index is -0.798. The van der Waals surface area contributed by atoms with E-state index in [-0.39, 0.29) is 24.7 Å². The number of nitrogens with zero attached hydrogens (tertiary/aromatic N) is 1. The largest absolute Gasteiger partial charge is 0.480 e. The number of carboxylic acids is 1. The molecule has 1 atom stereocenters. The quantitative estimate of drug-likeness (QED) is 0.632. The van der Waals surface area contributed by atoms with E-state index in [1.165, 1.54) is 18.4 Å². The van der Waals surface area contributed by atoms with E-state index in [1.54, 1.807) is 0 Å². The Kier molecular flexibility index (Phi) is 6.14. The lowest BCUT2D eigenvalue weighted by atomic mass is 9.85. The maximum Gasteiger partial charge on any atom is 0.317 e. The van der Waals surface area contributed by atoms with Crippen LogP contribution in [0.3, 0.4) is 0 Å². The van der Waals surface area contributed by atoms with Gasteiger partial charge in [0.1, 0.15) is 0 Å². The van der Waals surface area contributed by atoms with Gasteiger partial charge in [-0.05, 0) is 43.7 Å². The molecule has 1 aromatic rings.